The molecule has 0 fully saturated rings. The van der Waals surface area contributed by atoms with Crippen LogP contribution in [-0.4, -0.2) is 10.0 Å². The highest BCUT2D eigenvalue weighted by molar-refractivity contribution is 6.33. The average molecular weight is 311 g/mol. The number of nitrogens with zero attached hydrogens (tertiary/aromatic N) is 1. The molecule has 1 unspecified atom stereocenters. The maximum Gasteiger partial charge on any atom is 0.271 e. The molecule has 0 saturated carbocycles. The Hall–Kier alpha value is -2.34. The third-order valence-electron chi connectivity index (χ3n) is 2.99. The Morgan fingerprint density at radius 1 is 1.33 bits per heavy atom. The predicted octanol–water partition coefficient (Wildman–Crippen LogP) is 4.27. The highest BCUT2D eigenvalue weighted by Gasteiger charge is 2.15. The van der Waals surface area contributed by atoms with Crippen molar-refractivity contribution >= 4 is 23.0 Å². The van der Waals surface area contributed by atoms with Crippen molar-refractivity contribution in [1.82, 2.24) is 0 Å². The first-order valence-electron chi connectivity index (χ1n) is 6.07. The number of benzene rings is 2. The van der Waals surface area contributed by atoms with Crippen LogP contribution in [0, 0.1) is 15.9 Å². The molecule has 0 heterocycles. The fourth-order valence-electron chi connectivity index (χ4n) is 1.93. The van der Waals surface area contributed by atoms with Crippen LogP contribution >= 0.6 is 11.6 Å². The highest BCUT2D eigenvalue weighted by atomic mass is 35.5. The molecule has 0 amide bonds. The van der Waals surface area contributed by atoms with Crippen LogP contribution in [0.5, 0.6) is 5.75 Å². The molecule has 0 aromatic heterocycles. The molecule has 110 valence electrons. The highest BCUT2D eigenvalue weighted by Crippen LogP contribution is 2.32. The van der Waals surface area contributed by atoms with Crippen molar-refractivity contribution in [3.8, 4) is 5.75 Å². The first kappa shape index (κ1) is 15.1. The van der Waals surface area contributed by atoms with E-state index in [2.05, 4.69) is 5.32 Å². The Balaban J connectivity index is 2.28. The number of aromatic hydroxyl groups is 1. The summed E-state index contributed by atoms with van der Waals surface area (Å²) in [5.74, 6) is -0.742. The van der Waals surface area contributed by atoms with Gasteiger partial charge in [-0.1, -0.05) is 17.7 Å². The van der Waals surface area contributed by atoms with Crippen molar-refractivity contribution in [3.63, 3.8) is 0 Å². The van der Waals surface area contributed by atoms with E-state index in [1.54, 1.807) is 6.92 Å². The molecule has 2 N–H and O–H groups in total. The van der Waals surface area contributed by atoms with Crippen molar-refractivity contribution in [3.05, 3.63) is 62.9 Å². The number of nitro benzene ring substituents is 1. The second-order valence-corrected chi connectivity index (χ2v) is 4.90. The smallest absolute Gasteiger partial charge is 0.271 e. The SMILES string of the molecule is CC(Nc1cc([N+](=O)[O-])ccc1Cl)c1ccc(F)cc1O. The predicted molar refractivity (Wildman–Crippen MR) is 78.2 cm³/mol. The molecule has 21 heavy (non-hydrogen) atoms. The summed E-state index contributed by atoms with van der Waals surface area (Å²) in [7, 11) is 0. The van der Waals surface area contributed by atoms with Crippen molar-refractivity contribution in [2.24, 2.45) is 0 Å². The van der Waals surface area contributed by atoms with Crippen LogP contribution in [0.2, 0.25) is 5.02 Å². The Bertz CT molecular complexity index is 694. The van der Waals surface area contributed by atoms with Gasteiger partial charge in [0.25, 0.3) is 5.69 Å². The van der Waals surface area contributed by atoms with Crippen LogP contribution in [0.4, 0.5) is 15.8 Å². The van der Waals surface area contributed by atoms with Crippen LogP contribution in [0.3, 0.4) is 0 Å². The Morgan fingerprint density at radius 3 is 2.67 bits per heavy atom. The molecule has 1 atom stereocenters. The third kappa shape index (κ3) is 3.41. The summed E-state index contributed by atoms with van der Waals surface area (Å²) in [4.78, 5) is 10.2. The Labute approximate surface area is 125 Å². The normalized spacial score (nSPS) is 12.0. The summed E-state index contributed by atoms with van der Waals surface area (Å²) in [5, 5.41) is 23.8. The number of nitro groups is 1. The molecule has 2 rings (SSSR count). The number of hydrogen-bond donors (Lipinski definition) is 2. The summed E-state index contributed by atoms with van der Waals surface area (Å²) in [6.45, 7) is 1.72. The van der Waals surface area contributed by atoms with E-state index in [0.717, 1.165) is 6.07 Å². The second kappa shape index (κ2) is 5.97. The first-order chi connectivity index (χ1) is 9.88. The lowest BCUT2D eigenvalue weighted by Gasteiger charge is -2.17. The molecule has 0 aliphatic rings. The zero-order valence-electron chi connectivity index (χ0n) is 11.0. The topological polar surface area (TPSA) is 75.4 Å². The molecule has 0 bridgehead atoms. The molecule has 0 saturated heterocycles. The number of halogens is 2. The van der Waals surface area contributed by atoms with E-state index < -0.39 is 16.8 Å². The van der Waals surface area contributed by atoms with E-state index in [1.807, 2.05) is 0 Å². The quantitative estimate of drug-likeness (QED) is 0.653. The fraction of sp³-hybridized carbons (Fsp3) is 0.143. The van der Waals surface area contributed by atoms with Gasteiger partial charge in [-0.3, -0.25) is 10.1 Å². The molecule has 2 aromatic rings. The van der Waals surface area contributed by atoms with Crippen molar-refractivity contribution < 1.29 is 14.4 Å². The van der Waals surface area contributed by atoms with Gasteiger partial charge in [-0.15, -0.1) is 0 Å². The van der Waals surface area contributed by atoms with Crippen molar-refractivity contribution in [2.45, 2.75) is 13.0 Å². The summed E-state index contributed by atoms with van der Waals surface area (Å²) in [6, 6.07) is 7.27. The van der Waals surface area contributed by atoms with Gasteiger partial charge in [0, 0.05) is 23.8 Å². The Morgan fingerprint density at radius 2 is 2.05 bits per heavy atom. The minimum Gasteiger partial charge on any atom is -0.507 e. The van der Waals surface area contributed by atoms with E-state index in [1.165, 1.54) is 30.3 Å². The number of hydrogen-bond acceptors (Lipinski definition) is 4. The van der Waals surface area contributed by atoms with E-state index in [-0.39, 0.29) is 11.4 Å². The molecular formula is C14H12ClFN2O3. The summed E-state index contributed by atoms with van der Waals surface area (Å²) >= 11 is 5.99. The summed E-state index contributed by atoms with van der Waals surface area (Å²) < 4.78 is 13.0. The minimum atomic E-state index is -0.545. The van der Waals surface area contributed by atoms with Crippen LogP contribution in [0.15, 0.2) is 36.4 Å². The van der Waals surface area contributed by atoms with Gasteiger partial charge in [0.05, 0.1) is 21.7 Å². The van der Waals surface area contributed by atoms with Gasteiger partial charge >= 0.3 is 0 Å². The maximum absolute atomic E-state index is 13.0. The number of nitrogens with one attached hydrogen (secondary N) is 1. The van der Waals surface area contributed by atoms with Crippen LogP contribution < -0.4 is 5.32 Å². The molecule has 0 aliphatic carbocycles. The van der Waals surface area contributed by atoms with Crippen LogP contribution in [-0.2, 0) is 0 Å². The van der Waals surface area contributed by atoms with Crippen molar-refractivity contribution in [1.29, 1.82) is 0 Å². The summed E-state index contributed by atoms with van der Waals surface area (Å²) in [6.07, 6.45) is 0. The lowest BCUT2D eigenvalue weighted by Crippen LogP contribution is -2.07. The van der Waals surface area contributed by atoms with Gasteiger partial charge in [0.1, 0.15) is 11.6 Å². The van der Waals surface area contributed by atoms with E-state index in [9.17, 15) is 19.6 Å². The largest absolute Gasteiger partial charge is 0.507 e. The van der Waals surface area contributed by atoms with E-state index >= 15 is 0 Å². The van der Waals surface area contributed by atoms with Gasteiger partial charge in [-0.2, -0.15) is 0 Å². The molecular weight excluding hydrogens is 299 g/mol. The molecule has 7 heteroatoms. The van der Waals surface area contributed by atoms with E-state index in [0.29, 0.717) is 16.3 Å². The number of non-ortho nitro benzene ring substituents is 1. The van der Waals surface area contributed by atoms with E-state index in [4.69, 9.17) is 11.6 Å². The van der Waals surface area contributed by atoms with Gasteiger partial charge in [0.15, 0.2) is 0 Å². The fourth-order valence-corrected chi connectivity index (χ4v) is 2.10. The van der Waals surface area contributed by atoms with Gasteiger partial charge in [-0.25, -0.2) is 4.39 Å². The third-order valence-corrected chi connectivity index (χ3v) is 3.32. The van der Waals surface area contributed by atoms with Gasteiger partial charge in [-0.05, 0) is 19.1 Å². The zero-order chi connectivity index (χ0) is 15.6. The molecule has 0 radical (unpaired) electrons. The van der Waals surface area contributed by atoms with Crippen LogP contribution in [0.25, 0.3) is 0 Å². The average Bonchev–Trinajstić information content (AvgIpc) is 2.40. The maximum atomic E-state index is 13.0. The Kier molecular flexibility index (Phi) is 4.28. The second-order valence-electron chi connectivity index (χ2n) is 4.49. The lowest BCUT2D eigenvalue weighted by molar-refractivity contribution is -0.384. The number of anilines is 1. The van der Waals surface area contributed by atoms with Crippen LogP contribution in [0.1, 0.15) is 18.5 Å². The van der Waals surface area contributed by atoms with Crippen molar-refractivity contribution in [2.75, 3.05) is 5.32 Å². The standard InChI is InChI=1S/C14H12ClFN2O3/c1-8(11-4-2-9(16)6-14(11)19)17-13-7-10(18(20)21)3-5-12(13)15/h2-8,17,19H,1H3. The first-order valence-corrected chi connectivity index (χ1v) is 6.45. The monoisotopic (exact) mass is 310 g/mol. The molecule has 0 spiro atoms. The van der Waals surface area contributed by atoms with Gasteiger partial charge < -0.3 is 10.4 Å². The number of phenolic OH excluding ortho intramolecular Hbond substituents is 1. The molecule has 2 aromatic carbocycles. The van der Waals surface area contributed by atoms with Gasteiger partial charge in [0.2, 0.25) is 0 Å². The number of phenols is 1. The lowest BCUT2D eigenvalue weighted by atomic mass is 10.1. The summed E-state index contributed by atoms with van der Waals surface area (Å²) in [5.41, 5.74) is 0.721. The molecule has 5 nitrogen and oxygen atoms in total. The minimum absolute atomic E-state index is 0.0996. The zero-order valence-corrected chi connectivity index (χ0v) is 11.8. The number of rotatable bonds is 4. The molecule has 0 aliphatic heterocycles.